The van der Waals surface area contributed by atoms with Gasteiger partial charge in [-0.2, -0.15) is 0 Å². The number of benzene rings is 2. The molecule has 0 unspecified atom stereocenters. The van der Waals surface area contributed by atoms with Crippen LogP contribution in [0.2, 0.25) is 0 Å². The van der Waals surface area contributed by atoms with Crippen molar-refractivity contribution >= 4 is 0 Å². The molecule has 2 aromatic carbocycles. The molecule has 2 heteroatoms. The molecule has 0 amide bonds. The van der Waals surface area contributed by atoms with E-state index in [9.17, 15) is 0 Å². The first kappa shape index (κ1) is 16.4. The SMILES string of the molecule is Cc1cc(C)cc([C@@H](C)N[C@@H](c2ccccc2)c2ccncc2)c1. The summed E-state index contributed by atoms with van der Waals surface area (Å²) >= 11 is 0. The number of aromatic nitrogens is 1. The lowest BCUT2D eigenvalue weighted by Gasteiger charge is -2.25. The number of rotatable bonds is 5. The molecular formula is C22H24N2. The Morgan fingerprint density at radius 1 is 0.750 bits per heavy atom. The minimum absolute atomic E-state index is 0.144. The third kappa shape index (κ3) is 3.90. The number of hydrogen-bond donors (Lipinski definition) is 1. The Morgan fingerprint density at radius 3 is 1.96 bits per heavy atom. The molecule has 24 heavy (non-hydrogen) atoms. The zero-order chi connectivity index (χ0) is 16.9. The van der Waals surface area contributed by atoms with Gasteiger partial charge in [-0.15, -0.1) is 0 Å². The summed E-state index contributed by atoms with van der Waals surface area (Å²) in [6.45, 7) is 6.53. The van der Waals surface area contributed by atoms with E-state index < -0.39 is 0 Å². The van der Waals surface area contributed by atoms with Crippen LogP contribution in [0.4, 0.5) is 0 Å². The fourth-order valence-corrected chi connectivity index (χ4v) is 3.19. The van der Waals surface area contributed by atoms with Gasteiger partial charge in [-0.05, 0) is 49.6 Å². The molecule has 3 rings (SSSR count). The fourth-order valence-electron chi connectivity index (χ4n) is 3.19. The van der Waals surface area contributed by atoms with E-state index in [0.29, 0.717) is 0 Å². The lowest BCUT2D eigenvalue weighted by atomic mass is 9.96. The van der Waals surface area contributed by atoms with Crippen molar-refractivity contribution in [1.82, 2.24) is 10.3 Å². The van der Waals surface area contributed by atoms with Crippen LogP contribution in [0.3, 0.4) is 0 Å². The van der Waals surface area contributed by atoms with Gasteiger partial charge in [0.1, 0.15) is 0 Å². The summed E-state index contributed by atoms with van der Waals surface area (Å²) in [6.07, 6.45) is 3.71. The first-order chi connectivity index (χ1) is 11.6. The van der Waals surface area contributed by atoms with Crippen LogP contribution in [-0.2, 0) is 0 Å². The highest BCUT2D eigenvalue weighted by Gasteiger charge is 2.17. The number of pyridine rings is 1. The van der Waals surface area contributed by atoms with Gasteiger partial charge in [0.2, 0.25) is 0 Å². The zero-order valence-corrected chi connectivity index (χ0v) is 14.5. The highest BCUT2D eigenvalue weighted by atomic mass is 14.9. The minimum atomic E-state index is 0.144. The van der Waals surface area contributed by atoms with Gasteiger partial charge in [-0.25, -0.2) is 0 Å². The molecule has 1 N–H and O–H groups in total. The van der Waals surface area contributed by atoms with Gasteiger partial charge in [0.15, 0.2) is 0 Å². The standard InChI is InChI=1S/C22H24N2/c1-16-13-17(2)15-21(14-16)18(3)24-22(19-7-5-4-6-8-19)20-9-11-23-12-10-20/h4-15,18,22,24H,1-3H3/t18-,22+/m1/s1. The van der Waals surface area contributed by atoms with Crippen LogP contribution in [0.15, 0.2) is 73.1 Å². The molecule has 3 aromatic rings. The summed E-state index contributed by atoms with van der Waals surface area (Å²) in [5.41, 5.74) is 6.42. The van der Waals surface area contributed by atoms with Gasteiger partial charge < -0.3 is 0 Å². The Labute approximate surface area is 144 Å². The predicted molar refractivity (Wildman–Crippen MR) is 100.0 cm³/mol. The maximum Gasteiger partial charge on any atom is 0.0582 e. The highest BCUT2D eigenvalue weighted by molar-refractivity contribution is 5.33. The van der Waals surface area contributed by atoms with E-state index in [1.54, 1.807) is 0 Å². The van der Waals surface area contributed by atoms with Crippen molar-refractivity contribution in [3.05, 3.63) is 101 Å². The molecule has 2 nitrogen and oxygen atoms in total. The summed E-state index contributed by atoms with van der Waals surface area (Å²) in [6, 6.07) is 21.9. The first-order valence-corrected chi connectivity index (χ1v) is 8.42. The van der Waals surface area contributed by atoms with E-state index in [0.717, 1.165) is 0 Å². The Hall–Kier alpha value is -2.45. The molecule has 0 fully saturated rings. The van der Waals surface area contributed by atoms with E-state index in [1.165, 1.54) is 27.8 Å². The molecule has 122 valence electrons. The summed E-state index contributed by atoms with van der Waals surface area (Å²) in [7, 11) is 0. The molecule has 0 saturated heterocycles. The van der Waals surface area contributed by atoms with Gasteiger partial charge in [-0.1, -0.05) is 59.7 Å². The second kappa shape index (κ2) is 7.41. The van der Waals surface area contributed by atoms with Gasteiger partial charge in [0.05, 0.1) is 6.04 Å². The average Bonchev–Trinajstić information content (AvgIpc) is 2.60. The lowest BCUT2D eigenvalue weighted by Crippen LogP contribution is -2.25. The monoisotopic (exact) mass is 316 g/mol. The Kier molecular flexibility index (Phi) is 5.07. The van der Waals surface area contributed by atoms with Crippen LogP contribution >= 0.6 is 0 Å². The lowest BCUT2D eigenvalue weighted by molar-refractivity contribution is 0.516. The highest BCUT2D eigenvalue weighted by Crippen LogP contribution is 2.26. The van der Waals surface area contributed by atoms with E-state index in [2.05, 4.69) is 91.7 Å². The fraction of sp³-hybridized carbons (Fsp3) is 0.227. The third-order valence-corrected chi connectivity index (χ3v) is 4.33. The second-order valence-electron chi connectivity index (χ2n) is 6.43. The van der Waals surface area contributed by atoms with Crippen LogP contribution in [0.25, 0.3) is 0 Å². The van der Waals surface area contributed by atoms with Crippen molar-refractivity contribution < 1.29 is 0 Å². The van der Waals surface area contributed by atoms with Gasteiger partial charge >= 0.3 is 0 Å². The molecule has 0 aliphatic heterocycles. The van der Waals surface area contributed by atoms with Gasteiger partial charge in [-0.3, -0.25) is 10.3 Å². The molecule has 2 atom stereocenters. The predicted octanol–water partition coefficient (Wildman–Crippen LogP) is 5.14. The molecule has 0 aliphatic rings. The molecule has 0 radical (unpaired) electrons. The summed E-state index contributed by atoms with van der Waals surface area (Å²) < 4.78 is 0. The van der Waals surface area contributed by atoms with Gasteiger partial charge in [0.25, 0.3) is 0 Å². The summed E-state index contributed by atoms with van der Waals surface area (Å²) in [5.74, 6) is 0. The maximum absolute atomic E-state index is 4.15. The molecule has 0 aliphatic carbocycles. The second-order valence-corrected chi connectivity index (χ2v) is 6.43. The molecule has 0 bridgehead atoms. The van der Waals surface area contributed by atoms with Crippen molar-refractivity contribution in [3.8, 4) is 0 Å². The van der Waals surface area contributed by atoms with Crippen molar-refractivity contribution in [2.75, 3.05) is 0 Å². The summed E-state index contributed by atoms with van der Waals surface area (Å²) in [5, 5.41) is 3.79. The Balaban J connectivity index is 1.92. The first-order valence-electron chi connectivity index (χ1n) is 8.42. The van der Waals surface area contributed by atoms with Gasteiger partial charge in [0, 0.05) is 18.4 Å². The third-order valence-electron chi connectivity index (χ3n) is 4.33. The maximum atomic E-state index is 4.15. The normalized spacial score (nSPS) is 13.5. The van der Waals surface area contributed by atoms with Crippen LogP contribution in [0.5, 0.6) is 0 Å². The number of hydrogen-bond acceptors (Lipinski definition) is 2. The molecule has 0 saturated carbocycles. The van der Waals surface area contributed by atoms with E-state index in [1.807, 2.05) is 12.4 Å². The molecule has 0 spiro atoms. The molecular weight excluding hydrogens is 292 g/mol. The minimum Gasteiger partial charge on any atom is -0.300 e. The molecule has 1 aromatic heterocycles. The number of nitrogens with zero attached hydrogens (tertiary/aromatic N) is 1. The van der Waals surface area contributed by atoms with Crippen LogP contribution in [0, 0.1) is 13.8 Å². The van der Waals surface area contributed by atoms with E-state index >= 15 is 0 Å². The number of aryl methyl sites for hydroxylation is 2. The Bertz CT molecular complexity index is 722. The zero-order valence-electron chi connectivity index (χ0n) is 14.5. The van der Waals surface area contributed by atoms with E-state index in [4.69, 9.17) is 0 Å². The van der Waals surface area contributed by atoms with Crippen LogP contribution in [-0.4, -0.2) is 4.98 Å². The Morgan fingerprint density at radius 2 is 1.33 bits per heavy atom. The van der Waals surface area contributed by atoms with Crippen LogP contribution in [0.1, 0.15) is 46.8 Å². The number of nitrogens with one attached hydrogen (secondary N) is 1. The van der Waals surface area contributed by atoms with Crippen molar-refractivity contribution in [3.63, 3.8) is 0 Å². The summed E-state index contributed by atoms with van der Waals surface area (Å²) in [4.78, 5) is 4.15. The van der Waals surface area contributed by atoms with Crippen molar-refractivity contribution in [2.45, 2.75) is 32.9 Å². The topological polar surface area (TPSA) is 24.9 Å². The van der Waals surface area contributed by atoms with Crippen molar-refractivity contribution in [2.24, 2.45) is 0 Å². The van der Waals surface area contributed by atoms with E-state index in [-0.39, 0.29) is 12.1 Å². The van der Waals surface area contributed by atoms with Crippen molar-refractivity contribution in [1.29, 1.82) is 0 Å². The smallest absolute Gasteiger partial charge is 0.0582 e. The van der Waals surface area contributed by atoms with Crippen LogP contribution < -0.4 is 5.32 Å². The molecule has 1 heterocycles. The average molecular weight is 316 g/mol. The quantitative estimate of drug-likeness (QED) is 0.705. The largest absolute Gasteiger partial charge is 0.300 e.